The van der Waals surface area contributed by atoms with Crippen LogP contribution < -0.4 is 16.8 Å². The molecule has 1 aliphatic carbocycles. The monoisotopic (exact) mass is 275 g/mol. The normalized spacial score (nSPS) is 22.4. The standard InChI is InChI=1S/C16H25N3O/c17-11-13-6-2-4-8-15(13)19-16(20)10-9-12-5-1-3-7-14(12)18/h1,3,5,7,13,15H,2,4,6,8-11,17-18H2,(H,19,20). The molecule has 2 atom stereocenters. The Bertz CT molecular complexity index is 447. The summed E-state index contributed by atoms with van der Waals surface area (Å²) in [6, 6.07) is 7.97. The van der Waals surface area contributed by atoms with E-state index in [4.69, 9.17) is 11.5 Å². The van der Waals surface area contributed by atoms with Gasteiger partial charge in [0.25, 0.3) is 0 Å². The lowest BCUT2D eigenvalue weighted by atomic mass is 9.84. The van der Waals surface area contributed by atoms with Gasteiger partial charge in [-0.3, -0.25) is 4.79 Å². The van der Waals surface area contributed by atoms with Gasteiger partial charge in [-0.2, -0.15) is 0 Å². The van der Waals surface area contributed by atoms with Crippen molar-refractivity contribution in [2.24, 2.45) is 11.7 Å². The predicted octanol–water partition coefficient (Wildman–Crippen LogP) is 1.84. The van der Waals surface area contributed by atoms with Crippen LogP contribution >= 0.6 is 0 Å². The Morgan fingerprint density at radius 2 is 2.00 bits per heavy atom. The number of hydrogen-bond donors (Lipinski definition) is 3. The SMILES string of the molecule is NCC1CCCCC1NC(=O)CCc1ccccc1N. The first-order valence-corrected chi connectivity index (χ1v) is 7.53. The number of para-hydroxylation sites is 1. The van der Waals surface area contributed by atoms with Crippen LogP contribution in [0.1, 0.15) is 37.7 Å². The molecule has 4 heteroatoms. The highest BCUT2D eigenvalue weighted by Crippen LogP contribution is 2.23. The quantitative estimate of drug-likeness (QED) is 0.717. The smallest absolute Gasteiger partial charge is 0.220 e. The Labute approximate surface area is 120 Å². The number of carbonyl (C=O) groups excluding carboxylic acids is 1. The van der Waals surface area contributed by atoms with Crippen molar-refractivity contribution in [2.75, 3.05) is 12.3 Å². The molecule has 0 aliphatic heterocycles. The van der Waals surface area contributed by atoms with Gasteiger partial charge in [0.1, 0.15) is 0 Å². The van der Waals surface area contributed by atoms with E-state index in [9.17, 15) is 4.79 Å². The van der Waals surface area contributed by atoms with E-state index in [2.05, 4.69) is 5.32 Å². The summed E-state index contributed by atoms with van der Waals surface area (Å²) in [6.07, 6.45) is 5.79. The van der Waals surface area contributed by atoms with Crippen LogP contribution in [-0.4, -0.2) is 18.5 Å². The molecule has 0 saturated heterocycles. The lowest BCUT2D eigenvalue weighted by Gasteiger charge is -2.31. The van der Waals surface area contributed by atoms with Crippen LogP contribution in [0.15, 0.2) is 24.3 Å². The zero-order valence-corrected chi connectivity index (χ0v) is 12.0. The third kappa shape index (κ3) is 3.97. The molecule has 2 rings (SSSR count). The highest BCUT2D eigenvalue weighted by Gasteiger charge is 2.25. The number of aryl methyl sites for hydroxylation is 1. The fraction of sp³-hybridized carbons (Fsp3) is 0.562. The molecule has 1 aromatic carbocycles. The van der Waals surface area contributed by atoms with Crippen molar-refractivity contribution >= 4 is 11.6 Å². The highest BCUT2D eigenvalue weighted by molar-refractivity contribution is 5.76. The second kappa shape index (κ2) is 7.29. The molecule has 0 spiro atoms. The molecule has 2 unspecified atom stereocenters. The van der Waals surface area contributed by atoms with Crippen molar-refractivity contribution in [3.05, 3.63) is 29.8 Å². The van der Waals surface area contributed by atoms with Crippen molar-refractivity contribution in [2.45, 2.75) is 44.6 Å². The molecule has 5 N–H and O–H groups in total. The zero-order valence-electron chi connectivity index (χ0n) is 12.0. The van der Waals surface area contributed by atoms with Gasteiger partial charge in [0, 0.05) is 18.2 Å². The van der Waals surface area contributed by atoms with E-state index >= 15 is 0 Å². The Balaban J connectivity index is 1.82. The van der Waals surface area contributed by atoms with Crippen LogP contribution in [-0.2, 0) is 11.2 Å². The predicted molar refractivity (Wildman–Crippen MR) is 82.1 cm³/mol. The number of rotatable bonds is 5. The van der Waals surface area contributed by atoms with E-state index in [1.807, 2.05) is 24.3 Å². The number of nitrogens with one attached hydrogen (secondary N) is 1. The molecule has 1 aliphatic rings. The largest absolute Gasteiger partial charge is 0.399 e. The van der Waals surface area contributed by atoms with Crippen molar-refractivity contribution in [3.8, 4) is 0 Å². The molecule has 1 saturated carbocycles. The first kappa shape index (κ1) is 14.9. The average molecular weight is 275 g/mol. The zero-order chi connectivity index (χ0) is 14.4. The van der Waals surface area contributed by atoms with E-state index in [-0.39, 0.29) is 11.9 Å². The molecule has 1 fully saturated rings. The minimum Gasteiger partial charge on any atom is -0.399 e. The third-order valence-electron chi connectivity index (χ3n) is 4.23. The molecule has 0 heterocycles. The minimum atomic E-state index is 0.110. The summed E-state index contributed by atoms with van der Waals surface area (Å²) in [5.74, 6) is 0.549. The number of nitrogens with two attached hydrogens (primary N) is 2. The van der Waals surface area contributed by atoms with Crippen LogP contribution in [0.2, 0.25) is 0 Å². The molecule has 4 nitrogen and oxygen atoms in total. The highest BCUT2D eigenvalue weighted by atomic mass is 16.1. The van der Waals surface area contributed by atoms with E-state index in [0.29, 0.717) is 25.3 Å². The minimum absolute atomic E-state index is 0.110. The fourth-order valence-electron chi connectivity index (χ4n) is 2.97. The van der Waals surface area contributed by atoms with Gasteiger partial charge in [0.05, 0.1) is 0 Å². The Morgan fingerprint density at radius 1 is 1.25 bits per heavy atom. The van der Waals surface area contributed by atoms with Crippen molar-refractivity contribution in [1.29, 1.82) is 0 Å². The van der Waals surface area contributed by atoms with Crippen LogP contribution in [0.3, 0.4) is 0 Å². The molecule has 1 aromatic rings. The van der Waals surface area contributed by atoms with E-state index < -0.39 is 0 Å². The van der Waals surface area contributed by atoms with Gasteiger partial charge in [-0.1, -0.05) is 31.0 Å². The first-order valence-electron chi connectivity index (χ1n) is 7.53. The topological polar surface area (TPSA) is 81.1 Å². The van der Waals surface area contributed by atoms with Gasteiger partial charge in [0.2, 0.25) is 5.91 Å². The summed E-state index contributed by atoms with van der Waals surface area (Å²) < 4.78 is 0. The number of carbonyl (C=O) groups is 1. The van der Waals surface area contributed by atoms with E-state index in [1.54, 1.807) is 0 Å². The molecule has 0 radical (unpaired) electrons. The van der Waals surface area contributed by atoms with Crippen molar-refractivity contribution in [1.82, 2.24) is 5.32 Å². The van der Waals surface area contributed by atoms with Crippen LogP contribution in [0.4, 0.5) is 5.69 Å². The maximum atomic E-state index is 12.1. The number of anilines is 1. The maximum Gasteiger partial charge on any atom is 0.220 e. The van der Waals surface area contributed by atoms with Gasteiger partial charge >= 0.3 is 0 Å². The van der Waals surface area contributed by atoms with Crippen molar-refractivity contribution < 1.29 is 4.79 Å². The van der Waals surface area contributed by atoms with Crippen LogP contribution in [0.25, 0.3) is 0 Å². The van der Waals surface area contributed by atoms with Crippen LogP contribution in [0.5, 0.6) is 0 Å². The summed E-state index contributed by atoms with van der Waals surface area (Å²) in [6.45, 7) is 0.663. The Kier molecular flexibility index (Phi) is 5.41. The summed E-state index contributed by atoms with van der Waals surface area (Å²) in [7, 11) is 0. The van der Waals surface area contributed by atoms with Gasteiger partial charge in [-0.05, 0) is 43.4 Å². The molecule has 20 heavy (non-hydrogen) atoms. The molecule has 1 amide bonds. The molecule has 0 aromatic heterocycles. The van der Waals surface area contributed by atoms with Crippen molar-refractivity contribution in [3.63, 3.8) is 0 Å². The number of benzene rings is 1. The Morgan fingerprint density at radius 3 is 2.75 bits per heavy atom. The van der Waals surface area contributed by atoms with Gasteiger partial charge in [0.15, 0.2) is 0 Å². The molecular weight excluding hydrogens is 250 g/mol. The van der Waals surface area contributed by atoms with Gasteiger partial charge in [-0.25, -0.2) is 0 Å². The fourth-order valence-corrected chi connectivity index (χ4v) is 2.97. The number of amides is 1. The Hall–Kier alpha value is -1.55. The maximum absolute atomic E-state index is 12.1. The van der Waals surface area contributed by atoms with E-state index in [1.165, 1.54) is 12.8 Å². The van der Waals surface area contributed by atoms with Crippen LogP contribution in [0, 0.1) is 5.92 Å². The molecule has 110 valence electrons. The summed E-state index contributed by atoms with van der Waals surface area (Å²) in [4.78, 5) is 12.1. The number of nitrogen functional groups attached to an aromatic ring is 1. The summed E-state index contributed by atoms with van der Waals surface area (Å²) >= 11 is 0. The molecular formula is C16H25N3O. The number of hydrogen-bond acceptors (Lipinski definition) is 3. The lowest BCUT2D eigenvalue weighted by molar-refractivity contribution is -0.122. The van der Waals surface area contributed by atoms with E-state index in [0.717, 1.165) is 24.1 Å². The second-order valence-corrected chi connectivity index (χ2v) is 5.65. The first-order chi connectivity index (χ1) is 9.70. The van der Waals surface area contributed by atoms with Gasteiger partial charge in [-0.15, -0.1) is 0 Å². The third-order valence-corrected chi connectivity index (χ3v) is 4.23. The average Bonchev–Trinajstić information content (AvgIpc) is 2.47. The van der Waals surface area contributed by atoms with Gasteiger partial charge < -0.3 is 16.8 Å². The molecule has 0 bridgehead atoms. The summed E-state index contributed by atoms with van der Waals surface area (Å²) in [5.41, 5.74) is 13.5. The second-order valence-electron chi connectivity index (χ2n) is 5.65. The lowest BCUT2D eigenvalue weighted by Crippen LogP contribution is -2.44. The summed E-state index contributed by atoms with van der Waals surface area (Å²) in [5, 5.41) is 3.15.